The lowest BCUT2D eigenvalue weighted by molar-refractivity contribution is -0.129. The van der Waals surface area contributed by atoms with E-state index in [0.717, 1.165) is 23.1 Å². The van der Waals surface area contributed by atoms with Crippen LogP contribution in [0.3, 0.4) is 0 Å². The van der Waals surface area contributed by atoms with E-state index in [-0.39, 0.29) is 5.91 Å². The Kier molecular flexibility index (Phi) is 5.24. The minimum Gasteiger partial charge on any atom is -0.464 e. The number of amides is 1. The number of rotatable bonds is 6. The molecule has 2 rings (SSSR count). The number of nitrogens with one attached hydrogen (secondary N) is 1. The van der Waals surface area contributed by atoms with Crippen LogP contribution in [-0.4, -0.2) is 38.0 Å². The summed E-state index contributed by atoms with van der Waals surface area (Å²) in [6.45, 7) is 7.98. The first-order valence-electron chi connectivity index (χ1n) is 7.83. The summed E-state index contributed by atoms with van der Waals surface area (Å²) in [6, 6.07) is 4.25. The number of furan rings is 1. The highest BCUT2D eigenvalue weighted by molar-refractivity contribution is 5.88. The first-order chi connectivity index (χ1) is 10.4. The van der Waals surface area contributed by atoms with Crippen LogP contribution in [0.5, 0.6) is 0 Å². The van der Waals surface area contributed by atoms with Gasteiger partial charge in [0.05, 0.1) is 12.7 Å². The topological polar surface area (TPSA) is 45.5 Å². The molecule has 0 saturated carbocycles. The summed E-state index contributed by atoms with van der Waals surface area (Å²) in [6.07, 6.45) is 2.10. The Morgan fingerprint density at radius 1 is 1.36 bits per heavy atom. The summed E-state index contributed by atoms with van der Waals surface area (Å²) in [5.74, 6) is 0.575. The Morgan fingerprint density at radius 3 is 2.73 bits per heavy atom. The van der Waals surface area contributed by atoms with Crippen LogP contribution < -0.4 is 5.32 Å². The van der Waals surface area contributed by atoms with Crippen LogP contribution in [-0.2, 0) is 11.2 Å². The Balaban J connectivity index is 2.25. The lowest BCUT2D eigenvalue weighted by atomic mass is 9.95. The SMILES string of the molecule is CNCCN(C)C(=O)Cc1coc2cc(C)c(C(C)C)cc12. The van der Waals surface area contributed by atoms with Crippen LogP contribution in [0.1, 0.15) is 36.5 Å². The highest BCUT2D eigenvalue weighted by atomic mass is 16.3. The summed E-state index contributed by atoms with van der Waals surface area (Å²) in [4.78, 5) is 14.1. The van der Waals surface area contributed by atoms with Crippen LogP contribution in [0.4, 0.5) is 0 Å². The molecule has 4 nitrogen and oxygen atoms in total. The van der Waals surface area contributed by atoms with E-state index in [1.54, 1.807) is 11.2 Å². The molecule has 1 N–H and O–H groups in total. The summed E-state index contributed by atoms with van der Waals surface area (Å²) in [5, 5.41) is 4.12. The van der Waals surface area contributed by atoms with Crippen LogP contribution in [0, 0.1) is 6.92 Å². The maximum absolute atomic E-state index is 12.3. The van der Waals surface area contributed by atoms with Gasteiger partial charge in [-0.2, -0.15) is 0 Å². The summed E-state index contributed by atoms with van der Waals surface area (Å²) in [7, 11) is 3.73. The largest absolute Gasteiger partial charge is 0.464 e. The quantitative estimate of drug-likeness (QED) is 0.892. The Labute approximate surface area is 132 Å². The molecule has 0 aliphatic heterocycles. The van der Waals surface area contributed by atoms with Crippen LogP contribution in [0.2, 0.25) is 0 Å². The van der Waals surface area contributed by atoms with Gasteiger partial charge in [-0.05, 0) is 43.1 Å². The molecule has 0 radical (unpaired) electrons. The predicted octanol–water partition coefficient (Wildman–Crippen LogP) is 3.08. The molecular weight excluding hydrogens is 276 g/mol. The third-order valence-electron chi connectivity index (χ3n) is 4.13. The van der Waals surface area contributed by atoms with Gasteiger partial charge in [0.25, 0.3) is 0 Å². The van der Waals surface area contributed by atoms with E-state index in [2.05, 4.69) is 38.2 Å². The number of carbonyl (C=O) groups is 1. The molecule has 0 saturated heterocycles. The van der Waals surface area contributed by atoms with Gasteiger partial charge in [-0.25, -0.2) is 0 Å². The zero-order chi connectivity index (χ0) is 16.3. The summed E-state index contributed by atoms with van der Waals surface area (Å²) < 4.78 is 5.64. The van der Waals surface area contributed by atoms with E-state index < -0.39 is 0 Å². The molecule has 2 aromatic rings. The third kappa shape index (κ3) is 3.50. The standard InChI is InChI=1S/C18H26N2O2/c1-12(2)15-10-16-14(11-22-17(16)8-13(15)3)9-18(21)20(5)7-6-19-4/h8,10-12,19H,6-7,9H2,1-5H3. The Bertz CT molecular complexity index is 658. The van der Waals surface area contributed by atoms with Crippen molar-refractivity contribution in [2.75, 3.05) is 27.2 Å². The van der Waals surface area contributed by atoms with E-state index in [4.69, 9.17) is 4.42 Å². The molecule has 0 atom stereocenters. The fourth-order valence-corrected chi connectivity index (χ4v) is 2.71. The molecule has 0 spiro atoms. The Morgan fingerprint density at radius 2 is 2.09 bits per heavy atom. The van der Waals surface area contributed by atoms with Gasteiger partial charge in [-0.15, -0.1) is 0 Å². The fourth-order valence-electron chi connectivity index (χ4n) is 2.71. The van der Waals surface area contributed by atoms with Gasteiger partial charge in [0.15, 0.2) is 0 Å². The molecular formula is C18H26N2O2. The van der Waals surface area contributed by atoms with Crippen LogP contribution >= 0.6 is 0 Å². The van der Waals surface area contributed by atoms with E-state index in [1.807, 2.05) is 14.1 Å². The van der Waals surface area contributed by atoms with Gasteiger partial charge in [0, 0.05) is 31.1 Å². The van der Waals surface area contributed by atoms with Gasteiger partial charge in [-0.1, -0.05) is 13.8 Å². The molecule has 1 aromatic carbocycles. The normalized spacial score (nSPS) is 11.4. The summed E-state index contributed by atoms with van der Waals surface area (Å²) >= 11 is 0. The maximum atomic E-state index is 12.3. The fraction of sp³-hybridized carbons (Fsp3) is 0.500. The van der Waals surface area contributed by atoms with Crippen molar-refractivity contribution in [3.8, 4) is 0 Å². The molecule has 1 heterocycles. The number of fused-ring (bicyclic) bond motifs is 1. The number of carbonyl (C=O) groups excluding carboxylic acids is 1. The molecule has 4 heteroatoms. The minimum atomic E-state index is 0.115. The number of aryl methyl sites for hydroxylation is 1. The van der Waals surface area contributed by atoms with Crippen molar-refractivity contribution in [3.63, 3.8) is 0 Å². The molecule has 22 heavy (non-hydrogen) atoms. The lowest BCUT2D eigenvalue weighted by Crippen LogP contribution is -2.33. The van der Waals surface area contributed by atoms with Crippen molar-refractivity contribution in [2.24, 2.45) is 0 Å². The molecule has 0 bridgehead atoms. The zero-order valence-corrected chi connectivity index (χ0v) is 14.2. The Hall–Kier alpha value is -1.81. The van der Waals surface area contributed by atoms with Gasteiger partial charge in [-0.3, -0.25) is 4.79 Å². The van der Waals surface area contributed by atoms with Crippen molar-refractivity contribution in [3.05, 3.63) is 35.1 Å². The second kappa shape index (κ2) is 6.97. The van der Waals surface area contributed by atoms with E-state index in [9.17, 15) is 4.79 Å². The summed E-state index contributed by atoms with van der Waals surface area (Å²) in [5.41, 5.74) is 4.38. The number of hydrogen-bond acceptors (Lipinski definition) is 3. The maximum Gasteiger partial charge on any atom is 0.226 e. The number of likely N-dealkylation sites (N-methyl/N-ethyl adjacent to an activating group) is 2. The molecule has 0 unspecified atom stereocenters. The van der Waals surface area contributed by atoms with Crippen molar-refractivity contribution < 1.29 is 9.21 Å². The molecule has 0 aliphatic rings. The first-order valence-corrected chi connectivity index (χ1v) is 7.83. The van der Waals surface area contributed by atoms with Crippen LogP contribution in [0.15, 0.2) is 22.8 Å². The van der Waals surface area contributed by atoms with Crippen molar-refractivity contribution >= 4 is 16.9 Å². The highest BCUT2D eigenvalue weighted by Gasteiger charge is 2.15. The van der Waals surface area contributed by atoms with Gasteiger partial charge >= 0.3 is 0 Å². The molecule has 0 fully saturated rings. The van der Waals surface area contributed by atoms with Gasteiger partial charge in [0.1, 0.15) is 5.58 Å². The van der Waals surface area contributed by atoms with E-state index in [0.29, 0.717) is 18.9 Å². The second-order valence-corrected chi connectivity index (χ2v) is 6.22. The monoisotopic (exact) mass is 302 g/mol. The van der Waals surface area contributed by atoms with Crippen molar-refractivity contribution in [1.29, 1.82) is 0 Å². The predicted molar refractivity (Wildman–Crippen MR) is 90.3 cm³/mol. The molecule has 1 aromatic heterocycles. The third-order valence-corrected chi connectivity index (χ3v) is 4.13. The smallest absolute Gasteiger partial charge is 0.226 e. The number of benzene rings is 1. The second-order valence-electron chi connectivity index (χ2n) is 6.22. The average molecular weight is 302 g/mol. The highest BCUT2D eigenvalue weighted by Crippen LogP contribution is 2.29. The van der Waals surface area contributed by atoms with E-state index >= 15 is 0 Å². The lowest BCUT2D eigenvalue weighted by Gasteiger charge is -2.16. The molecule has 0 aliphatic carbocycles. The van der Waals surface area contributed by atoms with Gasteiger partial charge < -0.3 is 14.6 Å². The van der Waals surface area contributed by atoms with Crippen LogP contribution in [0.25, 0.3) is 11.0 Å². The zero-order valence-electron chi connectivity index (χ0n) is 14.2. The molecule has 120 valence electrons. The van der Waals surface area contributed by atoms with Crippen molar-refractivity contribution in [1.82, 2.24) is 10.2 Å². The first kappa shape index (κ1) is 16.6. The number of hydrogen-bond donors (Lipinski definition) is 1. The average Bonchev–Trinajstić information content (AvgIpc) is 2.85. The van der Waals surface area contributed by atoms with E-state index in [1.165, 1.54) is 11.1 Å². The van der Waals surface area contributed by atoms with Gasteiger partial charge in [0.2, 0.25) is 5.91 Å². The van der Waals surface area contributed by atoms with Crippen molar-refractivity contribution in [2.45, 2.75) is 33.1 Å². The molecule has 1 amide bonds. The minimum absolute atomic E-state index is 0.115. The number of nitrogens with zero attached hydrogens (tertiary/aromatic N) is 1.